The fourth-order valence-electron chi connectivity index (χ4n) is 2.79. The van der Waals surface area contributed by atoms with Gasteiger partial charge in [0.05, 0.1) is 11.8 Å². The van der Waals surface area contributed by atoms with Gasteiger partial charge in [-0.1, -0.05) is 33.6 Å². The van der Waals surface area contributed by atoms with Gasteiger partial charge in [-0.2, -0.15) is 0 Å². The van der Waals surface area contributed by atoms with Crippen molar-refractivity contribution in [3.63, 3.8) is 0 Å². The first-order valence-corrected chi connectivity index (χ1v) is 6.70. The lowest BCUT2D eigenvalue weighted by atomic mass is 9.78. The fourth-order valence-corrected chi connectivity index (χ4v) is 2.79. The van der Waals surface area contributed by atoms with Crippen molar-refractivity contribution >= 4 is 11.9 Å². The molecule has 1 saturated carbocycles. The average Bonchev–Trinajstić information content (AvgIpc) is 2.25. The van der Waals surface area contributed by atoms with Crippen LogP contribution in [0.3, 0.4) is 0 Å². The Bertz CT molecular complexity index is 319. The van der Waals surface area contributed by atoms with E-state index in [1.807, 2.05) is 0 Å². The number of carboxylic acids is 1. The van der Waals surface area contributed by atoms with E-state index in [9.17, 15) is 14.7 Å². The van der Waals surface area contributed by atoms with Crippen molar-refractivity contribution in [2.24, 2.45) is 17.3 Å². The summed E-state index contributed by atoms with van der Waals surface area (Å²) < 4.78 is 0. The van der Waals surface area contributed by atoms with E-state index in [2.05, 4.69) is 20.8 Å². The quantitative estimate of drug-likeness (QED) is 0.842. The number of rotatable bonds is 3. The SMILES string of the molecule is CN(CC(C)(C)C)C(=O)[C@@H]1CCCC[C@@H]1C(=O)O. The van der Waals surface area contributed by atoms with E-state index in [4.69, 9.17) is 0 Å². The first-order valence-electron chi connectivity index (χ1n) is 6.70. The van der Waals surface area contributed by atoms with Gasteiger partial charge in [-0.05, 0) is 18.3 Å². The molecule has 1 rings (SSSR count). The second-order valence-electron chi connectivity index (χ2n) is 6.59. The predicted molar refractivity (Wildman–Crippen MR) is 70.2 cm³/mol. The lowest BCUT2D eigenvalue weighted by Crippen LogP contribution is -2.43. The minimum absolute atomic E-state index is 0.00275. The molecule has 0 unspecified atom stereocenters. The van der Waals surface area contributed by atoms with E-state index >= 15 is 0 Å². The molecule has 1 aliphatic carbocycles. The molecule has 0 bridgehead atoms. The summed E-state index contributed by atoms with van der Waals surface area (Å²) >= 11 is 0. The summed E-state index contributed by atoms with van der Waals surface area (Å²) in [6.45, 7) is 6.89. The molecule has 0 spiro atoms. The highest BCUT2D eigenvalue weighted by atomic mass is 16.4. The van der Waals surface area contributed by atoms with Gasteiger partial charge in [0.1, 0.15) is 0 Å². The summed E-state index contributed by atoms with van der Waals surface area (Å²) in [4.78, 5) is 25.3. The van der Waals surface area contributed by atoms with Gasteiger partial charge in [-0.3, -0.25) is 9.59 Å². The van der Waals surface area contributed by atoms with Crippen LogP contribution in [-0.4, -0.2) is 35.5 Å². The number of amides is 1. The van der Waals surface area contributed by atoms with Crippen LogP contribution >= 0.6 is 0 Å². The molecule has 1 amide bonds. The summed E-state index contributed by atoms with van der Waals surface area (Å²) in [6, 6.07) is 0. The number of carboxylic acid groups (broad SMARTS) is 1. The smallest absolute Gasteiger partial charge is 0.307 e. The van der Waals surface area contributed by atoms with Gasteiger partial charge in [0, 0.05) is 13.6 Å². The third-order valence-electron chi connectivity index (χ3n) is 3.49. The molecule has 0 heterocycles. The first-order chi connectivity index (χ1) is 8.22. The van der Waals surface area contributed by atoms with Gasteiger partial charge >= 0.3 is 5.97 Å². The third-order valence-corrected chi connectivity index (χ3v) is 3.49. The molecule has 0 aromatic carbocycles. The maximum absolute atomic E-state index is 12.4. The molecule has 1 aliphatic rings. The first kappa shape index (κ1) is 15.0. The van der Waals surface area contributed by atoms with Crippen LogP contribution in [0.1, 0.15) is 46.5 Å². The maximum Gasteiger partial charge on any atom is 0.307 e. The summed E-state index contributed by atoms with van der Waals surface area (Å²) in [5.74, 6) is -1.65. The molecule has 4 heteroatoms. The Kier molecular flexibility index (Phi) is 4.77. The van der Waals surface area contributed by atoms with Crippen LogP contribution < -0.4 is 0 Å². The molecule has 4 nitrogen and oxygen atoms in total. The summed E-state index contributed by atoms with van der Waals surface area (Å²) in [5.41, 5.74) is 0.0395. The number of nitrogens with zero attached hydrogens (tertiary/aromatic N) is 1. The molecule has 104 valence electrons. The molecule has 18 heavy (non-hydrogen) atoms. The van der Waals surface area contributed by atoms with Crippen LogP contribution in [-0.2, 0) is 9.59 Å². The number of hydrogen-bond donors (Lipinski definition) is 1. The molecule has 1 N–H and O–H groups in total. The summed E-state index contributed by atoms with van der Waals surface area (Å²) in [7, 11) is 1.78. The van der Waals surface area contributed by atoms with Gasteiger partial charge in [-0.25, -0.2) is 0 Å². The average molecular weight is 255 g/mol. The van der Waals surface area contributed by atoms with Crippen LogP contribution in [0.25, 0.3) is 0 Å². The van der Waals surface area contributed by atoms with Crippen LogP contribution in [0, 0.1) is 17.3 Å². The zero-order chi connectivity index (χ0) is 13.9. The van der Waals surface area contributed by atoms with Crippen molar-refractivity contribution < 1.29 is 14.7 Å². The van der Waals surface area contributed by atoms with E-state index in [-0.39, 0.29) is 17.2 Å². The molecule has 0 aliphatic heterocycles. The number of aliphatic carboxylic acids is 1. The molecule has 0 saturated heterocycles. The molecule has 0 aromatic heterocycles. The topological polar surface area (TPSA) is 57.6 Å². The van der Waals surface area contributed by atoms with Crippen LogP contribution in [0.2, 0.25) is 0 Å². The fraction of sp³-hybridized carbons (Fsp3) is 0.857. The lowest BCUT2D eigenvalue weighted by Gasteiger charge is -2.33. The van der Waals surface area contributed by atoms with Gasteiger partial charge < -0.3 is 10.0 Å². The van der Waals surface area contributed by atoms with Crippen molar-refractivity contribution in [3.05, 3.63) is 0 Å². The Morgan fingerprint density at radius 1 is 1.17 bits per heavy atom. The normalized spacial score (nSPS) is 24.7. The van der Waals surface area contributed by atoms with Gasteiger partial charge in [0.2, 0.25) is 5.91 Å². The molecule has 2 atom stereocenters. The van der Waals surface area contributed by atoms with Crippen molar-refractivity contribution in [1.29, 1.82) is 0 Å². The second-order valence-corrected chi connectivity index (χ2v) is 6.59. The van der Waals surface area contributed by atoms with E-state index in [0.29, 0.717) is 19.4 Å². The van der Waals surface area contributed by atoms with Crippen molar-refractivity contribution in [3.8, 4) is 0 Å². The van der Waals surface area contributed by atoms with E-state index in [0.717, 1.165) is 12.8 Å². The number of carbonyl (C=O) groups excluding carboxylic acids is 1. The van der Waals surface area contributed by atoms with Gasteiger partial charge in [0.25, 0.3) is 0 Å². The standard InChI is InChI=1S/C14H25NO3/c1-14(2,3)9-15(4)12(16)10-7-5-6-8-11(10)13(17)18/h10-11H,5-9H2,1-4H3,(H,17,18)/t10-,11+/m1/s1. The van der Waals surface area contributed by atoms with Gasteiger partial charge in [-0.15, -0.1) is 0 Å². The highest BCUT2D eigenvalue weighted by molar-refractivity contribution is 5.84. The van der Waals surface area contributed by atoms with E-state index in [1.165, 1.54) is 0 Å². The van der Waals surface area contributed by atoms with Crippen LogP contribution in [0.5, 0.6) is 0 Å². The number of carbonyl (C=O) groups is 2. The Labute approximate surface area is 109 Å². The molecular formula is C14H25NO3. The Hall–Kier alpha value is -1.06. The third kappa shape index (κ3) is 4.00. The Morgan fingerprint density at radius 3 is 2.11 bits per heavy atom. The zero-order valence-corrected chi connectivity index (χ0v) is 11.9. The summed E-state index contributed by atoms with van der Waals surface area (Å²) in [6.07, 6.45) is 3.23. The largest absolute Gasteiger partial charge is 0.481 e. The van der Waals surface area contributed by atoms with E-state index < -0.39 is 11.9 Å². The highest BCUT2D eigenvalue weighted by Crippen LogP contribution is 2.32. The van der Waals surface area contributed by atoms with Crippen LogP contribution in [0.15, 0.2) is 0 Å². The van der Waals surface area contributed by atoms with E-state index in [1.54, 1.807) is 11.9 Å². The van der Waals surface area contributed by atoms with Crippen molar-refractivity contribution in [2.75, 3.05) is 13.6 Å². The predicted octanol–water partition coefficient (Wildman–Crippen LogP) is 2.38. The zero-order valence-electron chi connectivity index (χ0n) is 11.9. The molecule has 0 radical (unpaired) electrons. The number of hydrogen-bond acceptors (Lipinski definition) is 2. The Balaban J connectivity index is 2.71. The minimum atomic E-state index is -0.822. The molecule has 1 fully saturated rings. The van der Waals surface area contributed by atoms with Crippen molar-refractivity contribution in [2.45, 2.75) is 46.5 Å². The van der Waals surface area contributed by atoms with Crippen molar-refractivity contribution in [1.82, 2.24) is 4.90 Å². The molecular weight excluding hydrogens is 230 g/mol. The maximum atomic E-state index is 12.4. The Morgan fingerprint density at radius 2 is 1.67 bits per heavy atom. The van der Waals surface area contributed by atoms with Crippen LogP contribution in [0.4, 0.5) is 0 Å². The monoisotopic (exact) mass is 255 g/mol. The summed E-state index contributed by atoms with van der Waals surface area (Å²) in [5, 5.41) is 9.20. The second kappa shape index (κ2) is 5.72. The highest BCUT2D eigenvalue weighted by Gasteiger charge is 2.37. The van der Waals surface area contributed by atoms with Gasteiger partial charge in [0.15, 0.2) is 0 Å². The lowest BCUT2D eigenvalue weighted by molar-refractivity contribution is -0.152. The minimum Gasteiger partial charge on any atom is -0.481 e. The molecule has 0 aromatic rings.